The number of hydrogen-bond donors (Lipinski definition) is 0. The molecule has 30 heavy (non-hydrogen) atoms. The molecule has 6 nitrogen and oxygen atoms in total. The Balaban J connectivity index is 1.31. The van der Waals surface area contributed by atoms with Crippen molar-refractivity contribution in [1.29, 1.82) is 0 Å². The van der Waals surface area contributed by atoms with Gasteiger partial charge in [-0.15, -0.1) is 11.3 Å². The molecule has 2 aromatic carbocycles. The molecule has 0 spiro atoms. The first-order valence-electron chi connectivity index (χ1n) is 9.73. The van der Waals surface area contributed by atoms with E-state index in [1.165, 1.54) is 15.6 Å². The zero-order valence-electron chi connectivity index (χ0n) is 16.2. The minimum Gasteiger partial charge on any atom is -0.488 e. The van der Waals surface area contributed by atoms with Gasteiger partial charge in [0.1, 0.15) is 12.4 Å². The maximum absolute atomic E-state index is 13.1. The highest BCUT2D eigenvalue weighted by atomic mass is 32.2. The van der Waals surface area contributed by atoms with Crippen molar-refractivity contribution in [3.63, 3.8) is 0 Å². The molecular formula is C22H20N2O4S2. The summed E-state index contributed by atoms with van der Waals surface area (Å²) in [4.78, 5) is 16.8. The average molecular weight is 441 g/mol. The van der Waals surface area contributed by atoms with Gasteiger partial charge in [-0.25, -0.2) is 8.42 Å². The second-order valence-electron chi connectivity index (χ2n) is 7.26. The highest BCUT2D eigenvalue weighted by Crippen LogP contribution is 2.42. The van der Waals surface area contributed by atoms with Crippen LogP contribution in [0.3, 0.4) is 0 Å². The Bertz CT molecular complexity index is 1200. The first kappa shape index (κ1) is 19.3. The number of hydrogen-bond acceptors (Lipinski definition) is 5. The maximum atomic E-state index is 13.1. The minimum absolute atomic E-state index is 0.0522. The molecule has 2 aliphatic rings. The van der Waals surface area contributed by atoms with Gasteiger partial charge in [-0.2, -0.15) is 4.31 Å². The van der Waals surface area contributed by atoms with Crippen LogP contribution in [0.4, 0.5) is 0 Å². The van der Waals surface area contributed by atoms with E-state index in [1.807, 2.05) is 30.3 Å². The number of fused-ring (bicyclic) bond motifs is 3. The quantitative estimate of drug-likeness (QED) is 0.626. The molecule has 1 saturated heterocycles. The van der Waals surface area contributed by atoms with Gasteiger partial charge in [0, 0.05) is 42.2 Å². The summed E-state index contributed by atoms with van der Waals surface area (Å²) in [7, 11) is -3.53. The second kappa shape index (κ2) is 7.54. The van der Waals surface area contributed by atoms with Gasteiger partial charge in [-0.05, 0) is 30.3 Å². The molecule has 1 aromatic heterocycles. The van der Waals surface area contributed by atoms with Crippen LogP contribution in [-0.2, 0) is 16.6 Å². The lowest BCUT2D eigenvalue weighted by molar-refractivity contribution is 0.0702. The van der Waals surface area contributed by atoms with Gasteiger partial charge in [0.25, 0.3) is 5.91 Å². The lowest BCUT2D eigenvalue weighted by Crippen LogP contribution is -2.50. The SMILES string of the molecule is O=C(c1cc2c(s1)-c1ccccc1OC2)N1CCN(S(=O)(=O)c2ccccc2)CC1. The van der Waals surface area contributed by atoms with E-state index >= 15 is 0 Å². The van der Waals surface area contributed by atoms with E-state index in [0.29, 0.717) is 37.7 Å². The van der Waals surface area contributed by atoms with Crippen molar-refractivity contribution < 1.29 is 17.9 Å². The van der Waals surface area contributed by atoms with E-state index in [4.69, 9.17) is 4.74 Å². The Morgan fingerprint density at radius 1 is 0.933 bits per heavy atom. The number of rotatable bonds is 3. The summed E-state index contributed by atoms with van der Waals surface area (Å²) in [5.41, 5.74) is 2.04. The fourth-order valence-electron chi connectivity index (χ4n) is 3.83. The van der Waals surface area contributed by atoms with Gasteiger partial charge in [-0.3, -0.25) is 4.79 Å². The van der Waals surface area contributed by atoms with E-state index in [-0.39, 0.29) is 10.8 Å². The van der Waals surface area contributed by atoms with E-state index < -0.39 is 10.0 Å². The van der Waals surface area contributed by atoms with Crippen LogP contribution in [0.2, 0.25) is 0 Å². The third-order valence-corrected chi connectivity index (χ3v) is 8.55. The average Bonchev–Trinajstić information content (AvgIpc) is 3.24. The van der Waals surface area contributed by atoms with Crippen LogP contribution in [0.25, 0.3) is 10.4 Å². The summed E-state index contributed by atoms with van der Waals surface area (Å²) >= 11 is 1.48. The molecule has 0 N–H and O–H groups in total. The Labute approximate surface area is 179 Å². The van der Waals surface area contributed by atoms with Gasteiger partial charge in [0.15, 0.2) is 0 Å². The number of nitrogens with zero attached hydrogens (tertiary/aromatic N) is 2. The fourth-order valence-corrected chi connectivity index (χ4v) is 6.44. The number of amides is 1. The fraction of sp³-hybridized carbons (Fsp3) is 0.227. The predicted octanol–water partition coefficient (Wildman–Crippen LogP) is 3.45. The van der Waals surface area contributed by atoms with Crippen LogP contribution < -0.4 is 4.74 Å². The second-order valence-corrected chi connectivity index (χ2v) is 10.2. The van der Waals surface area contributed by atoms with E-state index in [9.17, 15) is 13.2 Å². The standard InChI is InChI=1S/C22H20N2O4S2/c25-22(20-14-16-15-28-19-9-5-4-8-18(19)21(16)29-20)23-10-12-24(13-11-23)30(26,27)17-6-2-1-3-7-17/h1-9,14H,10-13,15H2. The number of piperazine rings is 1. The molecule has 0 radical (unpaired) electrons. The molecule has 0 atom stereocenters. The number of benzene rings is 2. The molecule has 5 rings (SSSR count). The van der Waals surface area contributed by atoms with Gasteiger partial charge in [0.05, 0.1) is 9.77 Å². The van der Waals surface area contributed by atoms with Crippen molar-refractivity contribution in [2.45, 2.75) is 11.5 Å². The summed E-state index contributed by atoms with van der Waals surface area (Å²) in [5.74, 6) is 0.786. The molecule has 2 aliphatic heterocycles. The first-order chi connectivity index (χ1) is 14.5. The lowest BCUT2D eigenvalue weighted by Gasteiger charge is -2.33. The third kappa shape index (κ3) is 3.30. The van der Waals surface area contributed by atoms with Gasteiger partial charge < -0.3 is 9.64 Å². The van der Waals surface area contributed by atoms with Crippen molar-refractivity contribution in [1.82, 2.24) is 9.21 Å². The van der Waals surface area contributed by atoms with Crippen LogP contribution in [0.5, 0.6) is 5.75 Å². The van der Waals surface area contributed by atoms with Crippen molar-refractivity contribution in [3.05, 3.63) is 71.1 Å². The highest BCUT2D eigenvalue weighted by Gasteiger charge is 2.31. The smallest absolute Gasteiger partial charge is 0.264 e. The van der Waals surface area contributed by atoms with E-state index in [2.05, 4.69) is 0 Å². The number of carbonyl (C=O) groups excluding carboxylic acids is 1. The Hall–Kier alpha value is -2.68. The molecular weight excluding hydrogens is 420 g/mol. The maximum Gasteiger partial charge on any atom is 0.264 e. The van der Waals surface area contributed by atoms with E-state index in [1.54, 1.807) is 35.2 Å². The van der Waals surface area contributed by atoms with E-state index in [0.717, 1.165) is 21.8 Å². The zero-order chi connectivity index (χ0) is 20.7. The third-order valence-electron chi connectivity index (χ3n) is 5.44. The summed E-state index contributed by atoms with van der Waals surface area (Å²) in [6.07, 6.45) is 0. The Morgan fingerprint density at radius 3 is 2.40 bits per heavy atom. The topological polar surface area (TPSA) is 66.9 Å². The molecule has 3 aromatic rings. The first-order valence-corrected chi connectivity index (χ1v) is 12.0. The lowest BCUT2D eigenvalue weighted by atomic mass is 10.1. The summed E-state index contributed by atoms with van der Waals surface area (Å²) < 4.78 is 32.8. The van der Waals surface area contributed by atoms with Crippen LogP contribution >= 0.6 is 11.3 Å². The van der Waals surface area contributed by atoms with Crippen LogP contribution in [-0.4, -0.2) is 49.7 Å². The Kier molecular flexibility index (Phi) is 4.85. The van der Waals surface area contributed by atoms with Crippen molar-refractivity contribution in [2.24, 2.45) is 0 Å². The number of thiophene rings is 1. The van der Waals surface area contributed by atoms with Gasteiger partial charge in [-0.1, -0.05) is 30.3 Å². The normalized spacial score (nSPS) is 16.5. The highest BCUT2D eigenvalue weighted by molar-refractivity contribution is 7.89. The summed E-state index contributed by atoms with van der Waals surface area (Å²) in [6.45, 7) is 1.79. The minimum atomic E-state index is -3.53. The number of sulfonamides is 1. The molecule has 1 amide bonds. The summed E-state index contributed by atoms with van der Waals surface area (Å²) in [5, 5.41) is 0. The number of para-hydroxylation sites is 1. The molecule has 0 bridgehead atoms. The van der Waals surface area contributed by atoms with Crippen molar-refractivity contribution >= 4 is 27.3 Å². The van der Waals surface area contributed by atoms with Gasteiger partial charge in [0.2, 0.25) is 10.0 Å². The largest absolute Gasteiger partial charge is 0.488 e. The molecule has 8 heteroatoms. The molecule has 0 aliphatic carbocycles. The predicted molar refractivity (Wildman–Crippen MR) is 115 cm³/mol. The molecule has 1 fully saturated rings. The monoisotopic (exact) mass is 440 g/mol. The van der Waals surface area contributed by atoms with Crippen LogP contribution in [0.1, 0.15) is 15.2 Å². The molecule has 0 unspecified atom stereocenters. The Morgan fingerprint density at radius 2 is 1.63 bits per heavy atom. The van der Waals surface area contributed by atoms with Gasteiger partial charge >= 0.3 is 0 Å². The molecule has 0 saturated carbocycles. The summed E-state index contributed by atoms with van der Waals surface area (Å²) in [6, 6.07) is 18.2. The zero-order valence-corrected chi connectivity index (χ0v) is 17.8. The van der Waals surface area contributed by atoms with Crippen LogP contribution in [0, 0.1) is 0 Å². The number of ether oxygens (including phenoxy) is 1. The van der Waals surface area contributed by atoms with Crippen molar-refractivity contribution in [3.8, 4) is 16.2 Å². The number of carbonyl (C=O) groups is 1. The van der Waals surface area contributed by atoms with Crippen molar-refractivity contribution in [2.75, 3.05) is 26.2 Å². The van der Waals surface area contributed by atoms with Crippen LogP contribution in [0.15, 0.2) is 65.6 Å². The molecule has 3 heterocycles. The molecule has 154 valence electrons.